The van der Waals surface area contributed by atoms with Crippen LogP contribution < -0.4 is 11.2 Å². The highest BCUT2D eigenvalue weighted by Crippen LogP contribution is 2.36. The van der Waals surface area contributed by atoms with Gasteiger partial charge in [0.2, 0.25) is 0 Å². The Morgan fingerprint density at radius 1 is 0.911 bits per heavy atom. The average molecular weight is 634 g/mol. The molecule has 0 saturated carbocycles. The van der Waals surface area contributed by atoms with Crippen LogP contribution in [0.1, 0.15) is 63.5 Å². The number of nitrogens with zero attached hydrogens (tertiary/aromatic N) is 3. The predicted molar refractivity (Wildman–Crippen MR) is 180 cm³/mol. The number of unbranched alkanes of at least 4 members (excludes halogenated alkanes) is 1. The molecule has 0 aliphatic carbocycles. The third kappa shape index (κ3) is 7.24. The molecular formula is C36H44ClN3O5. The van der Waals surface area contributed by atoms with Gasteiger partial charge >= 0.3 is 11.7 Å². The minimum absolute atomic E-state index is 0. The zero-order valence-electron chi connectivity index (χ0n) is 26.3. The SMILES string of the molecule is CCOC(=O)C(C)(C)n1c(=O)c2ccccc2n(CCCCN2CCC(O)CC2C(c2ccccc2)c2ccccc2)c1=O.Cl. The minimum atomic E-state index is -1.46. The Kier molecular flexibility index (Phi) is 11.4. The maximum atomic E-state index is 13.8. The van der Waals surface area contributed by atoms with Gasteiger partial charge in [-0.05, 0) is 76.3 Å². The van der Waals surface area contributed by atoms with Crippen LogP contribution in [-0.2, 0) is 21.6 Å². The smallest absolute Gasteiger partial charge is 0.332 e. The molecule has 5 rings (SSSR count). The fraction of sp³-hybridized carbons (Fsp3) is 0.417. The lowest BCUT2D eigenvalue weighted by Gasteiger charge is -2.42. The molecule has 2 atom stereocenters. The third-order valence-corrected chi connectivity index (χ3v) is 8.90. The fourth-order valence-electron chi connectivity index (χ4n) is 6.62. The summed E-state index contributed by atoms with van der Waals surface area (Å²) in [5.41, 5.74) is 0.549. The van der Waals surface area contributed by atoms with Gasteiger partial charge in [0.1, 0.15) is 5.54 Å². The third-order valence-electron chi connectivity index (χ3n) is 8.90. The van der Waals surface area contributed by atoms with E-state index >= 15 is 0 Å². The van der Waals surface area contributed by atoms with Gasteiger partial charge in [0.05, 0.1) is 23.6 Å². The van der Waals surface area contributed by atoms with Crippen molar-refractivity contribution in [1.82, 2.24) is 14.0 Å². The van der Waals surface area contributed by atoms with E-state index in [1.807, 2.05) is 18.2 Å². The number of halogens is 1. The van der Waals surface area contributed by atoms with Gasteiger partial charge in [0.15, 0.2) is 0 Å². The lowest BCUT2D eigenvalue weighted by molar-refractivity contribution is -0.152. The number of hydrogen-bond donors (Lipinski definition) is 1. The van der Waals surface area contributed by atoms with E-state index in [0.717, 1.165) is 30.5 Å². The number of rotatable bonds is 11. The van der Waals surface area contributed by atoms with E-state index in [0.29, 0.717) is 30.3 Å². The van der Waals surface area contributed by atoms with Crippen molar-refractivity contribution >= 4 is 29.3 Å². The number of para-hydroxylation sites is 1. The second-order valence-corrected chi connectivity index (χ2v) is 12.2. The summed E-state index contributed by atoms with van der Waals surface area (Å²) in [4.78, 5) is 42.6. The maximum Gasteiger partial charge on any atom is 0.332 e. The van der Waals surface area contributed by atoms with Crippen LogP contribution in [0.25, 0.3) is 10.9 Å². The van der Waals surface area contributed by atoms with E-state index < -0.39 is 22.8 Å². The van der Waals surface area contributed by atoms with Crippen molar-refractivity contribution in [1.29, 1.82) is 0 Å². The number of aromatic nitrogens is 2. The molecule has 9 heteroatoms. The number of aryl methyl sites for hydroxylation is 1. The zero-order chi connectivity index (χ0) is 31.3. The zero-order valence-corrected chi connectivity index (χ0v) is 27.1. The standard InChI is InChI=1S/C36H43N3O5.ClH/c1-4-44-34(42)36(2,3)39-33(41)29-19-11-12-20-30(29)38(35(39)43)23-14-13-22-37-24-21-28(40)25-31(37)32(26-15-7-5-8-16-26)27-17-9-6-10-18-27;/h5-12,15-20,28,31-32,40H,4,13-14,21-25H2,1-3H3;1H. The Morgan fingerprint density at radius 2 is 1.49 bits per heavy atom. The fourth-order valence-corrected chi connectivity index (χ4v) is 6.62. The molecular weight excluding hydrogens is 590 g/mol. The van der Waals surface area contributed by atoms with Crippen molar-refractivity contribution in [2.45, 2.75) is 76.6 Å². The number of carbonyl (C=O) groups excluding carboxylic acids is 1. The van der Waals surface area contributed by atoms with E-state index in [2.05, 4.69) is 53.4 Å². The van der Waals surface area contributed by atoms with Crippen molar-refractivity contribution in [2.24, 2.45) is 0 Å². The maximum absolute atomic E-state index is 13.8. The van der Waals surface area contributed by atoms with Gasteiger partial charge in [-0.2, -0.15) is 0 Å². The summed E-state index contributed by atoms with van der Waals surface area (Å²) >= 11 is 0. The van der Waals surface area contributed by atoms with Crippen LogP contribution in [0.5, 0.6) is 0 Å². The van der Waals surface area contributed by atoms with Crippen LogP contribution in [0.15, 0.2) is 94.5 Å². The number of aliphatic hydroxyl groups is 1. The number of benzene rings is 3. The first-order valence-electron chi connectivity index (χ1n) is 15.7. The summed E-state index contributed by atoms with van der Waals surface area (Å²) in [6.07, 6.45) is 2.59. The van der Waals surface area contributed by atoms with E-state index in [-0.39, 0.29) is 37.1 Å². The topological polar surface area (TPSA) is 93.8 Å². The number of ether oxygens (including phenoxy) is 1. The molecule has 240 valence electrons. The van der Waals surface area contributed by atoms with Crippen LogP contribution in [0.2, 0.25) is 0 Å². The molecule has 1 aromatic heterocycles. The number of aliphatic hydroxyl groups excluding tert-OH is 1. The number of carbonyl (C=O) groups is 1. The molecule has 0 spiro atoms. The lowest BCUT2D eigenvalue weighted by atomic mass is 9.79. The average Bonchev–Trinajstić information content (AvgIpc) is 3.03. The second kappa shape index (κ2) is 15.0. The Morgan fingerprint density at radius 3 is 2.11 bits per heavy atom. The molecule has 2 heterocycles. The first-order valence-corrected chi connectivity index (χ1v) is 15.7. The summed E-state index contributed by atoms with van der Waals surface area (Å²) < 4.78 is 7.88. The molecule has 45 heavy (non-hydrogen) atoms. The molecule has 0 bridgehead atoms. The van der Waals surface area contributed by atoms with E-state index in [1.54, 1.807) is 43.5 Å². The first-order chi connectivity index (χ1) is 21.2. The molecule has 1 saturated heterocycles. The largest absolute Gasteiger partial charge is 0.464 e. The Balaban J connectivity index is 0.00000461. The summed E-state index contributed by atoms with van der Waals surface area (Å²) in [6, 6.07) is 28.2. The molecule has 1 aliphatic rings. The van der Waals surface area contributed by atoms with Crippen molar-refractivity contribution in [2.75, 3.05) is 19.7 Å². The van der Waals surface area contributed by atoms with Crippen LogP contribution >= 0.6 is 12.4 Å². The highest BCUT2D eigenvalue weighted by molar-refractivity contribution is 5.85. The molecule has 8 nitrogen and oxygen atoms in total. The van der Waals surface area contributed by atoms with E-state index in [9.17, 15) is 19.5 Å². The summed E-state index contributed by atoms with van der Waals surface area (Å²) in [5, 5.41) is 11.1. The normalized spacial score (nSPS) is 17.3. The molecule has 0 radical (unpaired) electrons. The van der Waals surface area contributed by atoms with Crippen molar-refractivity contribution in [3.05, 3.63) is 117 Å². The van der Waals surface area contributed by atoms with E-state index in [1.165, 1.54) is 11.1 Å². The number of esters is 1. The molecule has 2 unspecified atom stereocenters. The Labute approximate surface area is 270 Å². The summed E-state index contributed by atoms with van der Waals surface area (Å²) in [7, 11) is 0. The number of likely N-dealkylation sites (tertiary alicyclic amines) is 1. The molecule has 0 amide bonds. The number of fused-ring (bicyclic) bond motifs is 1. The van der Waals surface area contributed by atoms with Crippen LogP contribution in [0, 0.1) is 0 Å². The van der Waals surface area contributed by atoms with Crippen LogP contribution in [0.3, 0.4) is 0 Å². The quantitative estimate of drug-likeness (QED) is 0.178. The molecule has 1 fully saturated rings. The number of piperidine rings is 1. The monoisotopic (exact) mass is 633 g/mol. The predicted octanol–water partition coefficient (Wildman–Crippen LogP) is 5.32. The van der Waals surface area contributed by atoms with Gasteiger partial charge in [0, 0.05) is 25.0 Å². The summed E-state index contributed by atoms with van der Waals surface area (Å²) in [5.74, 6) is -0.502. The van der Waals surface area contributed by atoms with Gasteiger partial charge in [-0.1, -0.05) is 72.8 Å². The highest BCUT2D eigenvalue weighted by atomic mass is 35.5. The van der Waals surface area contributed by atoms with Crippen LogP contribution in [0.4, 0.5) is 0 Å². The van der Waals surface area contributed by atoms with Crippen molar-refractivity contribution in [3.63, 3.8) is 0 Å². The van der Waals surface area contributed by atoms with Gasteiger partial charge < -0.3 is 9.84 Å². The highest BCUT2D eigenvalue weighted by Gasteiger charge is 2.36. The Hall–Kier alpha value is -3.72. The van der Waals surface area contributed by atoms with Gasteiger partial charge in [-0.15, -0.1) is 12.4 Å². The van der Waals surface area contributed by atoms with Crippen LogP contribution in [-0.4, -0.2) is 57.0 Å². The first kappa shape index (κ1) is 34.2. The van der Waals surface area contributed by atoms with Crippen molar-refractivity contribution < 1.29 is 14.6 Å². The van der Waals surface area contributed by atoms with Gasteiger partial charge in [0.25, 0.3) is 5.56 Å². The second-order valence-electron chi connectivity index (χ2n) is 12.2. The molecule has 1 N–H and O–H groups in total. The van der Waals surface area contributed by atoms with Crippen molar-refractivity contribution in [3.8, 4) is 0 Å². The lowest BCUT2D eigenvalue weighted by Crippen LogP contribution is -2.53. The Bertz CT molecular complexity index is 1650. The number of hydrogen-bond acceptors (Lipinski definition) is 6. The molecule has 3 aromatic carbocycles. The minimum Gasteiger partial charge on any atom is -0.464 e. The van der Waals surface area contributed by atoms with Gasteiger partial charge in [-0.25, -0.2) is 14.2 Å². The molecule has 1 aliphatic heterocycles. The molecule has 4 aromatic rings. The van der Waals surface area contributed by atoms with Gasteiger partial charge in [-0.3, -0.25) is 14.3 Å². The van der Waals surface area contributed by atoms with E-state index in [4.69, 9.17) is 4.74 Å². The summed E-state index contributed by atoms with van der Waals surface area (Å²) in [6.45, 7) is 6.97.